The van der Waals surface area contributed by atoms with Gasteiger partial charge in [0.25, 0.3) is 6.43 Å². The third-order valence-electron chi connectivity index (χ3n) is 1.71. The maximum absolute atomic E-state index is 12.9. The van der Waals surface area contributed by atoms with Crippen molar-refractivity contribution in [2.75, 3.05) is 0 Å². The molecule has 0 bridgehead atoms. The van der Waals surface area contributed by atoms with Crippen molar-refractivity contribution in [3.63, 3.8) is 0 Å². The lowest BCUT2D eigenvalue weighted by atomic mass is 10.1. The molecule has 0 amide bonds. The summed E-state index contributed by atoms with van der Waals surface area (Å²) in [6.45, 7) is 0. The second kappa shape index (κ2) is 4.48. The highest BCUT2D eigenvalue weighted by molar-refractivity contribution is 6.16. The van der Waals surface area contributed by atoms with Crippen molar-refractivity contribution in [1.29, 1.82) is 0 Å². The Hall–Kier alpha value is -0.980. The number of alkyl halides is 6. The van der Waals surface area contributed by atoms with Gasteiger partial charge in [0.15, 0.2) is 5.69 Å². The lowest BCUT2D eigenvalue weighted by Gasteiger charge is -2.12. The number of pyridine rings is 1. The molecule has 1 rings (SSSR count). The van der Waals surface area contributed by atoms with Crippen LogP contribution in [0.5, 0.6) is 0 Å². The normalized spacial score (nSPS) is 12.2. The van der Waals surface area contributed by atoms with Crippen LogP contribution in [-0.2, 0) is 12.1 Å². The van der Waals surface area contributed by atoms with Crippen molar-refractivity contribution in [2.45, 2.75) is 18.5 Å². The molecule has 0 saturated carbocycles. The topological polar surface area (TPSA) is 12.9 Å². The van der Waals surface area contributed by atoms with Gasteiger partial charge in [0.2, 0.25) is 0 Å². The van der Waals surface area contributed by atoms with E-state index in [1.807, 2.05) is 0 Å². The fraction of sp³-hybridized carbons (Fsp3) is 0.375. The third-order valence-corrected chi connectivity index (χ3v) is 1.96. The summed E-state index contributed by atoms with van der Waals surface area (Å²) in [6.07, 6.45) is -8.52. The SMILES string of the molecule is Fc1cc(C(F)F)c(C(F)(F)F)nc1CCl. The number of hydrogen-bond donors (Lipinski definition) is 0. The van der Waals surface area contributed by atoms with Crippen LogP contribution in [0, 0.1) is 5.82 Å². The van der Waals surface area contributed by atoms with E-state index >= 15 is 0 Å². The average Bonchev–Trinajstić information content (AvgIpc) is 2.15. The third kappa shape index (κ3) is 2.58. The molecule has 0 N–H and O–H groups in total. The summed E-state index contributed by atoms with van der Waals surface area (Å²) in [4.78, 5) is 2.77. The zero-order valence-electron chi connectivity index (χ0n) is 7.45. The molecule has 0 aliphatic rings. The smallest absolute Gasteiger partial charge is 0.243 e. The molecule has 0 aliphatic heterocycles. The van der Waals surface area contributed by atoms with Crippen LogP contribution < -0.4 is 0 Å². The highest BCUT2D eigenvalue weighted by atomic mass is 35.5. The Balaban J connectivity index is 3.43. The lowest BCUT2D eigenvalue weighted by molar-refractivity contribution is -0.143. The van der Waals surface area contributed by atoms with E-state index in [1.165, 1.54) is 0 Å². The van der Waals surface area contributed by atoms with Gasteiger partial charge in [-0.15, -0.1) is 11.6 Å². The summed E-state index contributed by atoms with van der Waals surface area (Å²) in [5, 5.41) is 0. The molecule has 90 valence electrons. The Morgan fingerprint density at radius 3 is 2.25 bits per heavy atom. The maximum Gasteiger partial charge on any atom is 0.433 e. The van der Waals surface area contributed by atoms with Crippen LogP contribution in [0.3, 0.4) is 0 Å². The minimum atomic E-state index is -5.07. The maximum atomic E-state index is 12.9. The Morgan fingerprint density at radius 1 is 1.31 bits per heavy atom. The van der Waals surface area contributed by atoms with Gasteiger partial charge in [-0.05, 0) is 6.07 Å². The van der Waals surface area contributed by atoms with Crippen LogP contribution >= 0.6 is 11.6 Å². The van der Waals surface area contributed by atoms with Crippen LogP contribution in [0.15, 0.2) is 6.07 Å². The van der Waals surface area contributed by atoms with Crippen molar-refractivity contribution in [3.05, 3.63) is 28.8 Å². The van der Waals surface area contributed by atoms with Crippen LogP contribution in [-0.4, -0.2) is 4.98 Å². The standard InChI is InChI=1S/C8H4ClF6N/c9-2-5-4(10)1-3(7(11)12)6(16-5)8(13,14)15/h1,7H,2H2. The predicted octanol–water partition coefficient (Wildman–Crippen LogP) is 3.92. The van der Waals surface area contributed by atoms with Gasteiger partial charge in [-0.2, -0.15) is 13.2 Å². The zero-order valence-corrected chi connectivity index (χ0v) is 8.21. The molecule has 1 aromatic heterocycles. The minimum Gasteiger partial charge on any atom is -0.243 e. The van der Waals surface area contributed by atoms with E-state index in [0.29, 0.717) is 0 Å². The van der Waals surface area contributed by atoms with E-state index in [1.54, 1.807) is 0 Å². The van der Waals surface area contributed by atoms with Crippen LogP contribution in [0.4, 0.5) is 26.3 Å². The molecule has 1 aromatic rings. The Bertz CT molecular complexity index is 389. The zero-order chi connectivity index (χ0) is 12.5. The van der Waals surface area contributed by atoms with E-state index < -0.39 is 41.3 Å². The average molecular weight is 264 g/mol. The summed E-state index contributed by atoms with van der Waals surface area (Å²) in [6, 6.07) is 0.109. The second-order valence-corrected chi connectivity index (χ2v) is 3.05. The summed E-state index contributed by atoms with van der Waals surface area (Å²) in [5.41, 5.74) is -4.00. The summed E-state index contributed by atoms with van der Waals surface area (Å²) >= 11 is 5.13. The minimum absolute atomic E-state index is 0.109. The molecule has 0 atom stereocenters. The van der Waals surface area contributed by atoms with Crippen molar-refractivity contribution in [3.8, 4) is 0 Å². The van der Waals surface area contributed by atoms with Crippen molar-refractivity contribution >= 4 is 11.6 Å². The molecular weight excluding hydrogens is 260 g/mol. The second-order valence-electron chi connectivity index (χ2n) is 2.79. The van der Waals surface area contributed by atoms with Gasteiger partial charge in [0.1, 0.15) is 5.82 Å². The molecule has 16 heavy (non-hydrogen) atoms. The fourth-order valence-corrected chi connectivity index (χ4v) is 1.22. The van der Waals surface area contributed by atoms with Gasteiger partial charge in [0, 0.05) is 0 Å². The van der Waals surface area contributed by atoms with Crippen molar-refractivity contribution < 1.29 is 26.3 Å². The summed E-state index contributed by atoms with van der Waals surface area (Å²) in [7, 11) is 0. The van der Waals surface area contributed by atoms with Gasteiger partial charge in [0.05, 0.1) is 17.1 Å². The first kappa shape index (κ1) is 13.1. The molecular formula is C8H4ClF6N. The van der Waals surface area contributed by atoms with Gasteiger partial charge < -0.3 is 0 Å². The Morgan fingerprint density at radius 2 is 1.88 bits per heavy atom. The van der Waals surface area contributed by atoms with Gasteiger partial charge in [-0.25, -0.2) is 18.2 Å². The number of rotatable bonds is 2. The molecule has 0 spiro atoms. The van der Waals surface area contributed by atoms with Gasteiger partial charge in [-0.3, -0.25) is 0 Å². The number of aromatic nitrogens is 1. The van der Waals surface area contributed by atoms with Crippen molar-refractivity contribution in [1.82, 2.24) is 4.98 Å². The molecule has 0 radical (unpaired) electrons. The largest absolute Gasteiger partial charge is 0.433 e. The fourth-order valence-electron chi connectivity index (χ4n) is 1.03. The molecule has 1 heterocycles. The van der Waals surface area contributed by atoms with Crippen LogP contribution in [0.1, 0.15) is 23.4 Å². The number of halogens is 7. The van der Waals surface area contributed by atoms with Crippen molar-refractivity contribution in [2.24, 2.45) is 0 Å². The van der Waals surface area contributed by atoms with Gasteiger partial charge in [-0.1, -0.05) is 0 Å². The molecule has 8 heteroatoms. The molecule has 0 unspecified atom stereocenters. The highest BCUT2D eigenvalue weighted by Gasteiger charge is 2.38. The molecule has 0 fully saturated rings. The van der Waals surface area contributed by atoms with E-state index in [9.17, 15) is 26.3 Å². The number of hydrogen-bond acceptors (Lipinski definition) is 1. The predicted molar refractivity (Wildman–Crippen MR) is 43.7 cm³/mol. The van der Waals surface area contributed by atoms with E-state index in [4.69, 9.17) is 11.6 Å². The number of nitrogens with zero attached hydrogens (tertiary/aromatic N) is 1. The van der Waals surface area contributed by atoms with E-state index in [0.717, 1.165) is 0 Å². The Kier molecular flexibility index (Phi) is 3.67. The summed E-state index contributed by atoms with van der Waals surface area (Å²) in [5.74, 6) is -1.91. The van der Waals surface area contributed by atoms with Crippen LogP contribution in [0.2, 0.25) is 0 Å². The molecule has 0 aliphatic carbocycles. The van der Waals surface area contributed by atoms with Gasteiger partial charge >= 0.3 is 6.18 Å². The molecule has 0 aromatic carbocycles. The first-order chi connectivity index (χ1) is 7.27. The Labute approximate surface area is 91.0 Å². The lowest BCUT2D eigenvalue weighted by Crippen LogP contribution is -2.15. The van der Waals surface area contributed by atoms with E-state index in [2.05, 4.69) is 4.98 Å². The molecule has 0 saturated heterocycles. The highest BCUT2D eigenvalue weighted by Crippen LogP contribution is 2.35. The first-order valence-corrected chi connectivity index (χ1v) is 4.41. The van der Waals surface area contributed by atoms with E-state index in [-0.39, 0.29) is 6.07 Å². The summed E-state index contributed by atoms with van der Waals surface area (Å²) < 4.78 is 74.3. The molecule has 1 nitrogen and oxygen atoms in total. The quantitative estimate of drug-likeness (QED) is 0.582. The monoisotopic (exact) mass is 263 g/mol. The first-order valence-electron chi connectivity index (χ1n) is 3.88. The van der Waals surface area contributed by atoms with Crippen LogP contribution in [0.25, 0.3) is 0 Å².